The number of urea groups is 1. The van der Waals surface area contributed by atoms with E-state index in [1.165, 1.54) is 5.56 Å². The Morgan fingerprint density at radius 1 is 1.03 bits per heavy atom. The number of rotatable bonds is 4. The molecule has 8 nitrogen and oxygen atoms in total. The predicted molar refractivity (Wildman–Crippen MR) is 131 cm³/mol. The van der Waals surface area contributed by atoms with Crippen LogP contribution in [-0.4, -0.2) is 76.5 Å². The van der Waals surface area contributed by atoms with E-state index in [2.05, 4.69) is 20.9 Å². The molecule has 174 valence electrons. The highest BCUT2D eigenvalue weighted by Crippen LogP contribution is 2.20. The van der Waals surface area contributed by atoms with E-state index in [1.807, 2.05) is 56.1 Å². The van der Waals surface area contributed by atoms with Crippen LogP contribution < -0.4 is 5.32 Å². The Kier molecular flexibility index (Phi) is 6.37. The maximum atomic E-state index is 12.7. The average Bonchev–Trinajstić information content (AvgIpc) is 3.10. The minimum Gasteiger partial charge on any atom is -0.345 e. The van der Waals surface area contributed by atoms with Crippen molar-refractivity contribution in [2.75, 3.05) is 45.6 Å². The van der Waals surface area contributed by atoms with Crippen LogP contribution in [0.5, 0.6) is 0 Å². The Hall–Kier alpha value is -3.39. The lowest BCUT2D eigenvalue weighted by Gasteiger charge is -2.34. The quantitative estimate of drug-likeness (QED) is 0.665. The van der Waals surface area contributed by atoms with Gasteiger partial charge in [-0.1, -0.05) is 17.7 Å². The Morgan fingerprint density at radius 3 is 2.42 bits per heavy atom. The summed E-state index contributed by atoms with van der Waals surface area (Å²) in [6.07, 6.45) is 0. The number of carbonyl (C=O) groups is 2. The number of piperazine rings is 1. The van der Waals surface area contributed by atoms with Gasteiger partial charge in [0.1, 0.15) is 5.82 Å². The van der Waals surface area contributed by atoms with Gasteiger partial charge < -0.3 is 19.7 Å². The molecule has 0 bridgehead atoms. The molecular weight excluding hydrogens is 416 g/mol. The van der Waals surface area contributed by atoms with Gasteiger partial charge in [0.2, 0.25) is 0 Å². The highest BCUT2D eigenvalue weighted by Gasteiger charge is 2.23. The zero-order chi connectivity index (χ0) is 23.7. The number of aromatic nitrogens is 2. The number of nitrogens with one attached hydrogen (secondary N) is 1. The molecule has 33 heavy (non-hydrogen) atoms. The summed E-state index contributed by atoms with van der Waals surface area (Å²) in [7, 11) is 5.50. The summed E-state index contributed by atoms with van der Waals surface area (Å²) in [5, 5.41) is 3.04. The lowest BCUT2D eigenvalue weighted by Crippen LogP contribution is -2.49. The van der Waals surface area contributed by atoms with Crippen LogP contribution in [0.15, 0.2) is 36.4 Å². The van der Waals surface area contributed by atoms with E-state index < -0.39 is 0 Å². The summed E-state index contributed by atoms with van der Waals surface area (Å²) in [5.41, 5.74) is 5.58. The van der Waals surface area contributed by atoms with Gasteiger partial charge >= 0.3 is 6.03 Å². The maximum Gasteiger partial charge on any atom is 0.321 e. The monoisotopic (exact) mass is 448 g/mol. The number of imidazole rings is 1. The first kappa shape index (κ1) is 22.8. The summed E-state index contributed by atoms with van der Waals surface area (Å²) in [4.78, 5) is 35.5. The van der Waals surface area contributed by atoms with E-state index >= 15 is 0 Å². The van der Waals surface area contributed by atoms with Crippen LogP contribution in [0.4, 0.5) is 10.5 Å². The zero-order valence-corrected chi connectivity index (χ0v) is 20.1. The van der Waals surface area contributed by atoms with Crippen molar-refractivity contribution in [3.63, 3.8) is 0 Å². The molecule has 1 N–H and O–H groups in total. The Bertz CT molecular complexity index is 1190. The lowest BCUT2D eigenvalue weighted by molar-refractivity contribution is 0.0827. The van der Waals surface area contributed by atoms with E-state index in [0.717, 1.165) is 41.2 Å². The smallest absolute Gasteiger partial charge is 0.321 e. The molecule has 1 fully saturated rings. The fourth-order valence-corrected chi connectivity index (χ4v) is 4.24. The first-order chi connectivity index (χ1) is 15.7. The summed E-state index contributed by atoms with van der Waals surface area (Å²) in [6.45, 7) is 7.67. The Labute approximate surface area is 194 Å². The van der Waals surface area contributed by atoms with Gasteiger partial charge in [0.05, 0.1) is 17.6 Å². The number of amides is 3. The molecule has 3 aromatic rings. The van der Waals surface area contributed by atoms with E-state index in [1.54, 1.807) is 19.0 Å². The highest BCUT2D eigenvalue weighted by molar-refractivity contribution is 5.97. The maximum absolute atomic E-state index is 12.7. The minimum atomic E-state index is -0.0533. The van der Waals surface area contributed by atoms with Crippen molar-refractivity contribution >= 4 is 28.7 Å². The normalized spacial score (nSPS) is 14.5. The molecular formula is C25H32N6O2. The summed E-state index contributed by atoms with van der Waals surface area (Å²) >= 11 is 0. The number of carbonyl (C=O) groups excluding carboxylic acids is 2. The molecule has 8 heteroatoms. The largest absolute Gasteiger partial charge is 0.345 e. The van der Waals surface area contributed by atoms with Crippen molar-refractivity contribution in [1.29, 1.82) is 0 Å². The molecule has 1 aliphatic heterocycles. The second-order valence-corrected chi connectivity index (χ2v) is 9.00. The van der Waals surface area contributed by atoms with Crippen molar-refractivity contribution in [3.8, 4) is 0 Å². The third-order valence-electron chi connectivity index (χ3n) is 6.27. The fourth-order valence-electron chi connectivity index (χ4n) is 4.24. The van der Waals surface area contributed by atoms with Gasteiger partial charge in [-0.2, -0.15) is 0 Å². The van der Waals surface area contributed by atoms with E-state index in [9.17, 15) is 9.59 Å². The van der Waals surface area contributed by atoms with Gasteiger partial charge in [0.15, 0.2) is 0 Å². The zero-order valence-electron chi connectivity index (χ0n) is 20.1. The van der Waals surface area contributed by atoms with Crippen LogP contribution in [0.2, 0.25) is 0 Å². The number of anilines is 1. The van der Waals surface area contributed by atoms with Gasteiger partial charge in [-0.05, 0) is 43.7 Å². The highest BCUT2D eigenvalue weighted by atomic mass is 16.2. The molecule has 2 heterocycles. The van der Waals surface area contributed by atoms with Crippen molar-refractivity contribution in [2.24, 2.45) is 7.05 Å². The van der Waals surface area contributed by atoms with Crippen molar-refractivity contribution in [2.45, 2.75) is 20.4 Å². The van der Waals surface area contributed by atoms with Gasteiger partial charge in [-0.15, -0.1) is 0 Å². The molecule has 0 aliphatic carbocycles. The molecule has 0 saturated carbocycles. The molecule has 1 aliphatic rings. The first-order valence-corrected chi connectivity index (χ1v) is 11.3. The molecule has 0 atom stereocenters. The predicted octanol–water partition coefficient (Wildman–Crippen LogP) is 3.24. The van der Waals surface area contributed by atoms with Crippen LogP contribution >= 0.6 is 0 Å². The molecule has 0 unspecified atom stereocenters. The van der Waals surface area contributed by atoms with Crippen LogP contribution in [0, 0.1) is 13.8 Å². The third kappa shape index (κ3) is 4.85. The number of benzene rings is 2. The third-order valence-corrected chi connectivity index (χ3v) is 6.27. The number of nitrogens with zero attached hydrogens (tertiary/aromatic N) is 5. The Balaban J connectivity index is 1.38. The summed E-state index contributed by atoms with van der Waals surface area (Å²) in [6, 6.07) is 11.7. The summed E-state index contributed by atoms with van der Waals surface area (Å²) < 4.78 is 2.08. The van der Waals surface area contributed by atoms with Crippen LogP contribution in [0.25, 0.3) is 11.0 Å². The topological polar surface area (TPSA) is 73.7 Å². The Morgan fingerprint density at radius 2 is 1.76 bits per heavy atom. The number of hydrogen-bond acceptors (Lipinski definition) is 4. The second-order valence-electron chi connectivity index (χ2n) is 9.00. The molecule has 0 radical (unpaired) electrons. The second kappa shape index (κ2) is 9.23. The lowest BCUT2D eigenvalue weighted by atomic mass is 10.1. The first-order valence-electron chi connectivity index (χ1n) is 11.3. The summed E-state index contributed by atoms with van der Waals surface area (Å²) in [5.74, 6) is 0.923. The molecule has 3 amide bonds. The minimum absolute atomic E-state index is 0.0284. The van der Waals surface area contributed by atoms with Gasteiger partial charge in [-0.25, -0.2) is 9.78 Å². The van der Waals surface area contributed by atoms with Crippen LogP contribution in [-0.2, 0) is 13.6 Å². The van der Waals surface area contributed by atoms with Crippen molar-refractivity contribution < 1.29 is 9.59 Å². The van der Waals surface area contributed by atoms with E-state index in [4.69, 9.17) is 4.98 Å². The number of fused-ring (bicyclic) bond motifs is 1. The molecule has 1 aromatic heterocycles. The molecule has 4 rings (SSSR count). The number of hydrogen-bond donors (Lipinski definition) is 1. The van der Waals surface area contributed by atoms with Crippen LogP contribution in [0.1, 0.15) is 27.3 Å². The molecule has 0 spiro atoms. The van der Waals surface area contributed by atoms with Crippen molar-refractivity contribution in [3.05, 3.63) is 58.9 Å². The number of aryl methyl sites for hydroxylation is 3. The van der Waals surface area contributed by atoms with Gasteiger partial charge in [0, 0.05) is 58.6 Å². The average molecular weight is 449 g/mol. The van der Waals surface area contributed by atoms with Gasteiger partial charge in [-0.3, -0.25) is 9.69 Å². The molecule has 1 saturated heterocycles. The fraction of sp³-hybridized carbons (Fsp3) is 0.400. The van der Waals surface area contributed by atoms with E-state index in [0.29, 0.717) is 25.2 Å². The SMILES string of the molecule is Cc1ccc(NC(=O)N2CCN(Cc3nc4cc(C(=O)N(C)C)ccc4n3C)CC2)c(C)c1. The van der Waals surface area contributed by atoms with E-state index in [-0.39, 0.29) is 11.9 Å². The van der Waals surface area contributed by atoms with Gasteiger partial charge in [0.25, 0.3) is 5.91 Å². The van der Waals surface area contributed by atoms with Crippen molar-refractivity contribution in [1.82, 2.24) is 24.3 Å². The molecule has 2 aromatic carbocycles. The van der Waals surface area contributed by atoms with Crippen LogP contribution in [0.3, 0.4) is 0 Å². The standard InChI is InChI=1S/C25H32N6O2/c1-17-6-8-20(18(2)14-17)27-25(33)31-12-10-30(11-13-31)16-23-26-21-15-19(24(32)28(3)4)7-9-22(21)29(23)5/h6-9,14-15H,10-13,16H2,1-5H3,(H,27,33).